The Hall–Kier alpha value is -2.04. The van der Waals surface area contributed by atoms with Crippen molar-refractivity contribution in [2.24, 2.45) is 0 Å². The molecule has 1 aromatic rings. The van der Waals surface area contributed by atoms with Crippen molar-refractivity contribution in [3.05, 3.63) is 23.8 Å². The minimum Gasteiger partial charge on any atom is -0.462 e. The van der Waals surface area contributed by atoms with Crippen molar-refractivity contribution in [1.82, 2.24) is 0 Å². The highest BCUT2D eigenvalue weighted by atomic mass is 16.5. The van der Waals surface area contributed by atoms with E-state index >= 15 is 0 Å². The summed E-state index contributed by atoms with van der Waals surface area (Å²) in [6, 6.07) is 5.25. The first-order chi connectivity index (χ1) is 8.47. The van der Waals surface area contributed by atoms with Crippen molar-refractivity contribution >= 4 is 23.3 Å². The Kier molecular flexibility index (Phi) is 3.23. The van der Waals surface area contributed by atoms with E-state index in [1.807, 2.05) is 0 Å². The van der Waals surface area contributed by atoms with Gasteiger partial charge in [0, 0.05) is 11.4 Å². The lowest BCUT2D eigenvalue weighted by molar-refractivity contribution is -0.146. The summed E-state index contributed by atoms with van der Waals surface area (Å²) in [6.07, 6.45) is 0.107. The maximum atomic E-state index is 11.8. The Balaban J connectivity index is 2.16. The van der Waals surface area contributed by atoms with E-state index in [1.165, 1.54) is 4.90 Å². The number of nitrogens with two attached hydrogens (primary N) is 1. The lowest BCUT2D eigenvalue weighted by Crippen LogP contribution is -2.34. The topological polar surface area (TPSA) is 72.6 Å². The predicted octanol–water partition coefficient (Wildman–Crippen LogP) is 1.11. The number of ether oxygens (including phenoxy) is 1. The number of nitrogen functional groups attached to an aromatic ring is 1. The van der Waals surface area contributed by atoms with Crippen LogP contribution >= 0.6 is 0 Å². The minimum atomic E-state index is -0.400. The van der Waals surface area contributed by atoms with Gasteiger partial charge in [-0.15, -0.1) is 0 Å². The second kappa shape index (κ2) is 4.68. The molecule has 0 atom stereocenters. The molecule has 0 fully saturated rings. The fourth-order valence-electron chi connectivity index (χ4n) is 2.01. The van der Waals surface area contributed by atoms with E-state index in [9.17, 15) is 9.59 Å². The number of fused-ring (bicyclic) bond motifs is 1. The molecule has 1 aromatic carbocycles. The first-order valence-corrected chi connectivity index (χ1v) is 5.85. The number of benzene rings is 1. The van der Waals surface area contributed by atoms with Crippen molar-refractivity contribution in [2.45, 2.75) is 26.4 Å². The van der Waals surface area contributed by atoms with Gasteiger partial charge >= 0.3 is 5.97 Å². The Labute approximate surface area is 106 Å². The van der Waals surface area contributed by atoms with Crippen LogP contribution in [0.25, 0.3) is 0 Å². The molecule has 5 heteroatoms. The number of anilines is 2. The Bertz CT molecular complexity index is 497. The molecule has 0 spiro atoms. The fourth-order valence-corrected chi connectivity index (χ4v) is 2.01. The summed E-state index contributed by atoms with van der Waals surface area (Å²) in [7, 11) is 0. The van der Waals surface area contributed by atoms with Crippen molar-refractivity contribution in [3.63, 3.8) is 0 Å². The first-order valence-electron chi connectivity index (χ1n) is 5.85. The van der Waals surface area contributed by atoms with Crippen LogP contribution in [0.2, 0.25) is 0 Å². The Morgan fingerprint density at radius 2 is 2.22 bits per heavy atom. The molecule has 1 amide bonds. The molecule has 1 aliphatic heterocycles. The summed E-state index contributed by atoms with van der Waals surface area (Å²) in [4.78, 5) is 24.9. The average molecular weight is 248 g/mol. The molecule has 0 aliphatic carbocycles. The molecule has 0 aromatic heterocycles. The molecule has 5 nitrogen and oxygen atoms in total. The fraction of sp³-hybridized carbons (Fsp3) is 0.385. The summed E-state index contributed by atoms with van der Waals surface area (Å²) < 4.78 is 5.04. The van der Waals surface area contributed by atoms with Crippen LogP contribution in [0.1, 0.15) is 19.4 Å². The molecule has 18 heavy (non-hydrogen) atoms. The lowest BCUT2D eigenvalue weighted by Gasteiger charge is -2.17. The molecule has 0 saturated carbocycles. The van der Waals surface area contributed by atoms with Gasteiger partial charge < -0.3 is 15.4 Å². The molecule has 96 valence electrons. The van der Waals surface area contributed by atoms with Crippen molar-refractivity contribution in [1.29, 1.82) is 0 Å². The standard InChI is InChI=1S/C13H16N2O3/c1-8(2)18-13(17)7-15-11-4-3-10(14)5-9(11)6-12(15)16/h3-5,8H,6-7,14H2,1-2H3. The van der Waals surface area contributed by atoms with Gasteiger partial charge in [0.15, 0.2) is 0 Å². The molecule has 0 saturated heterocycles. The second-order valence-electron chi connectivity index (χ2n) is 4.58. The third-order valence-electron chi connectivity index (χ3n) is 2.69. The van der Waals surface area contributed by atoms with Gasteiger partial charge in [-0.05, 0) is 37.6 Å². The van der Waals surface area contributed by atoms with Gasteiger partial charge in [-0.25, -0.2) is 0 Å². The van der Waals surface area contributed by atoms with E-state index < -0.39 is 5.97 Å². The number of carbonyl (C=O) groups excluding carboxylic acids is 2. The number of rotatable bonds is 3. The monoisotopic (exact) mass is 248 g/mol. The van der Waals surface area contributed by atoms with Crippen LogP contribution in [0.3, 0.4) is 0 Å². The van der Waals surface area contributed by atoms with Crippen LogP contribution in [0, 0.1) is 0 Å². The summed E-state index contributed by atoms with van der Waals surface area (Å²) >= 11 is 0. The Morgan fingerprint density at radius 1 is 1.50 bits per heavy atom. The summed E-state index contributed by atoms with van der Waals surface area (Å²) in [6.45, 7) is 3.50. The van der Waals surface area contributed by atoms with Gasteiger partial charge in [-0.3, -0.25) is 9.59 Å². The lowest BCUT2D eigenvalue weighted by atomic mass is 10.1. The van der Waals surface area contributed by atoms with E-state index in [1.54, 1.807) is 32.0 Å². The number of amides is 1. The van der Waals surface area contributed by atoms with Gasteiger partial charge in [0.25, 0.3) is 0 Å². The molecule has 2 rings (SSSR count). The molecule has 2 N–H and O–H groups in total. The van der Waals surface area contributed by atoms with Crippen LogP contribution in [0.4, 0.5) is 11.4 Å². The quantitative estimate of drug-likeness (QED) is 0.642. The van der Waals surface area contributed by atoms with Gasteiger partial charge in [0.1, 0.15) is 6.54 Å². The second-order valence-corrected chi connectivity index (χ2v) is 4.58. The van der Waals surface area contributed by atoms with Crippen LogP contribution in [-0.4, -0.2) is 24.5 Å². The maximum absolute atomic E-state index is 11.8. The summed E-state index contributed by atoms with van der Waals surface area (Å²) in [5, 5.41) is 0. The van der Waals surface area contributed by atoms with Crippen LogP contribution in [-0.2, 0) is 20.7 Å². The largest absolute Gasteiger partial charge is 0.462 e. The van der Waals surface area contributed by atoms with Gasteiger partial charge in [0.05, 0.1) is 12.5 Å². The van der Waals surface area contributed by atoms with Crippen LogP contribution < -0.4 is 10.6 Å². The van der Waals surface area contributed by atoms with Crippen LogP contribution in [0.15, 0.2) is 18.2 Å². The minimum absolute atomic E-state index is 0.0477. The molecular formula is C13H16N2O3. The molecule has 0 unspecified atom stereocenters. The SMILES string of the molecule is CC(C)OC(=O)CN1C(=O)Cc2cc(N)ccc21. The smallest absolute Gasteiger partial charge is 0.326 e. The zero-order valence-electron chi connectivity index (χ0n) is 10.5. The normalized spacial score (nSPS) is 13.9. The first kappa shape index (κ1) is 12.4. The van der Waals surface area contributed by atoms with Gasteiger partial charge in [-0.1, -0.05) is 0 Å². The molecular weight excluding hydrogens is 232 g/mol. The number of hydrogen-bond acceptors (Lipinski definition) is 4. The van der Waals surface area contributed by atoms with Gasteiger partial charge in [-0.2, -0.15) is 0 Å². The van der Waals surface area contributed by atoms with Crippen molar-refractivity contribution < 1.29 is 14.3 Å². The van der Waals surface area contributed by atoms with E-state index in [2.05, 4.69) is 0 Å². The average Bonchev–Trinajstić information content (AvgIpc) is 2.53. The van der Waals surface area contributed by atoms with Gasteiger partial charge in [0.2, 0.25) is 5.91 Å². The highest BCUT2D eigenvalue weighted by Crippen LogP contribution is 2.30. The molecule has 1 aliphatic rings. The number of esters is 1. The molecule has 1 heterocycles. The molecule has 0 radical (unpaired) electrons. The van der Waals surface area contributed by atoms with Crippen LogP contribution in [0.5, 0.6) is 0 Å². The number of carbonyl (C=O) groups is 2. The Morgan fingerprint density at radius 3 is 2.89 bits per heavy atom. The van der Waals surface area contributed by atoms with E-state index in [-0.39, 0.29) is 25.0 Å². The number of hydrogen-bond donors (Lipinski definition) is 1. The summed E-state index contributed by atoms with van der Waals surface area (Å²) in [5.41, 5.74) is 7.89. The maximum Gasteiger partial charge on any atom is 0.326 e. The third-order valence-corrected chi connectivity index (χ3v) is 2.69. The zero-order chi connectivity index (χ0) is 13.3. The van der Waals surface area contributed by atoms with E-state index in [0.717, 1.165) is 11.3 Å². The van der Waals surface area contributed by atoms with Crippen molar-refractivity contribution in [3.8, 4) is 0 Å². The van der Waals surface area contributed by atoms with E-state index in [0.29, 0.717) is 5.69 Å². The predicted molar refractivity (Wildman–Crippen MR) is 68.1 cm³/mol. The molecule has 0 bridgehead atoms. The highest BCUT2D eigenvalue weighted by molar-refractivity contribution is 6.04. The van der Waals surface area contributed by atoms with E-state index in [4.69, 9.17) is 10.5 Å². The number of nitrogens with zero attached hydrogens (tertiary/aromatic N) is 1. The van der Waals surface area contributed by atoms with Crippen molar-refractivity contribution in [2.75, 3.05) is 17.2 Å². The zero-order valence-corrected chi connectivity index (χ0v) is 10.5. The summed E-state index contributed by atoms with van der Waals surface area (Å²) in [5.74, 6) is -0.501. The highest BCUT2D eigenvalue weighted by Gasteiger charge is 2.29. The third kappa shape index (κ3) is 2.45.